The number of benzene rings is 2. The average Bonchev–Trinajstić information content (AvgIpc) is 2.44. The van der Waals surface area contributed by atoms with Gasteiger partial charge in [0.15, 0.2) is 0 Å². The maximum atomic E-state index is 14.3. The largest absolute Gasteiger partial charge is 0.337 e. The lowest BCUT2D eigenvalue weighted by molar-refractivity contribution is 0.577. The minimum Gasteiger partial charge on any atom is -0.337 e. The zero-order valence-corrected chi connectivity index (χ0v) is 12.4. The van der Waals surface area contributed by atoms with Crippen LogP contribution in [0, 0.1) is 18.6 Å². The van der Waals surface area contributed by atoms with Gasteiger partial charge in [-0.2, -0.15) is 0 Å². The van der Waals surface area contributed by atoms with Crippen LogP contribution >= 0.6 is 0 Å². The molecule has 0 radical (unpaired) electrons. The van der Waals surface area contributed by atoms with Crippen LogP contribution in [0.15, 0.2) is 36.4 Å². The maximum absolute atomic E-state index is 14.3. The molecular weight excluding hydrogens is 270 g/mol. The first kappa shape index (κ1) is 15.4. The van der Waals surface area contributed by atoms with Crippen LogP contribution in [-0.4, -0.2) is 13.1 Å². The Kier molecular flexibility index (Phi) is 4.91. The Bertz CT molecular complexity index is 586. The molecule has 0 aliphatic heterocycles. The molecule has 2 nitrogen and oxygen atoms in total. The van der Waals surface area contributed by atoms with Gasteiger partial charge in [-0.1, -0.05) is 17.7 Å². The molecule has 0 saturated heterocycles. The van der Waals surface area contributed by atoms with Crippen molar-refractivity contribution in [2.24, 2.45) is 5.73 Å². The number of nitrogens with zero attached hydrogens (tertiary/aromatic N) is 1. The van der Waals surface area contributed by atoms with E-state index in [9.17, 15) is 8.78 Å². The van der Waals surface area contributed by atoms with Crippen LogP contribution in [0.3, 0.4) is 0 Å². The third kappa shape index (κ3) is 3.39. The van der Waals surface area contributed by atoms with Crippen molar-refractivity contribution in [3.05, 3.63) is 59.2 Å². The van der Waals surface area contributed by atoms with E-state index in [1.54, 1.807) is 4.90 Å². The fourth-order valence-electron chi connectivity index (χ4n) is 2.38. The summed E-state index contributed by atoms with van der Waals surface area (Å²) in [6, 6.07) is 10.3. The lowest BCUT2D eigenvalue weighted by atomic mass is 10.1. The lowest BCUT2D eigenvalue weighted by Gasteiger charge is -2.25. The molecule has 0 heterocycles. The van der Waals surface area contributed by atoms with E-state index in [1.165, 1.54) is 12.1 Å². The molecule has 0 aromatic heterocycles. The van der Waals surface area contributed by atoms with Crippen molar-refractivity contribution in [1.29, 1.82) is 0 Å². The summed E-state index contributed by atoms with van der Waals surface area (Å²) < 4.78 is 28.6. The predicted octanol–water partition coefficient (Wildman–Crippen LogP) is 3.93. The highest BCUT2D eigenvalue weighted by Crippen LogP contribution is 2.31. The van der Waals surface area contributed by atoms with Crippen LogP contribution in [0.4, 0.5) is 20.2 Å². The molecule has 0 bridgehead atoms. The second-order valence-corrected chi connectivity index (χ2v) is 5.03. The van der Waals surface area contributed by atoms with Gasteiger partial charge >= 0.3 is 0 Å². The topological polar surface area (TPSA) is 29.3 Å². The Balaban J connectivity index is 2.45. The molecule has 2 rings (SSSR count). The summed E-state index contributed by atoms with van der Waals surface area (Å²) in [6.45, 7) is 4.69. The van der Waals surface area contributed by atoms with Crippen molar-refractivity contribution >= 4 is 11.4 Å². The molecule has 2 N–H and O–H groups in total. The Morgan fingerprint density at radius 2 is 1.62 bits per heavy atom. The van der Waals surface area contributed by atoms with Gasteiger partial charge < -0.3 is 10.6 Å². The molecule has 0 spiro atoms. The third-order valence-corrected chi connectivity index (χ3v) is 3.44. The highest BCUT2D eigenvalue weighted by Gasteiger charge is 2.18. The van der Waals surface area contributed by atoms with E-state index in [4.69, 9.17) is 5.73 Å². The highest BCUT2D eigenvalue weighted by molar-refractivity contribution is 5.65. The number of hydrogen-bond acceptors (Lipinski definition) is 2. The van der Waals surface area contributed by atoms with E-state index in [1.807, 2.05) is 38.1 Å². The lowest BCUT2D eigenvalue weighted by Crippen LogP contribution is -2.19. The monoisotopic (exact) mass is 290 g/mol. The predicted molar refractivity (Wildman–Crippen MR) is 83.0 cm³/mol. The molecule has 0 aliphatic carbocycles. The number of rotatable bonds is 5. The fourth-order valence-corrected chi connectivity index (χ4v) is 2.38. The first-order chi connectivity index (χ1) is 10.1. The van der Waals surface area contributed by atoms with Crippen LogP contribution < -0.4 is 10.6 Å². The summed E-state index contributed by atoms with van der Waals surface area (Å²) in [7, 11) is 0. The minimum absolute atomic E-state index is 0.0119. The first-order valence-electron chi connectivity index (χ1n) is 7.09. The number of aryl methyl sites for hydroxylation is 1. The second kappa shape index (κ2) is 6.68. The van der Waals surface area contributed by atoms with Crippen LogP contribution in [0.5, 0.6) is 0 Å². The molecule has 0 unspecified atom stereocenters. The molecule has 4 heteroatoms. The number of halogens is 2. The molecule has 0 saturated carbocycles. The van der Waals surface area contributed by atoms with Gasteiger partial charge in [0.1, 0.15) is 17.3 Å². The van der Waals surface area contributed by atoms with Gasteiger partial charge in [0.05, 0.1) is 0 Å². The maximum Gasteiger partial charge on any atom is 0.150 e. The Morgan fingerprint density at radius 1 is 1.05 bits per heavy atom. The van der Waals surface area contributed by atoms with Crippen LogP contribution in [-0.2, 0) is 6.42 Å². The normalized spacial score (nSPS) is 10.7. The molecule has 112 valence electrons. The van der Waals surface area contributed by atoms with E-state index in [2.05, 4.69) is 0 Å². The average molecular weight is 290 g/mol. The van der Waals surface area contributed by atoms with Gasteiger partial charge in [-0.3, -0.25) is 0 Å². The Hall–Kier alpha value is -1.94. The van der Waals surface area contributed by atoms with E-state index in [-0.39, 0.29) is 5.69 Å². The van der Waals surface area contributed by atoms with Crippen molar-refractivity contribution in [3.63, 3.8) is 0 Å². The minimum atomic E-state index is -0.555. The van der Waals surface area contributed by atoms with Crippen molar-refractivity contribution in [2.45, 2.75) is 20.3 Å². The van der Waals surface area contributed by atoms with Crippen molar-refractivity contribution < 1.29 is 8.78 Å². The fraction of sp³-hybridized carbons (Fsp3) is 0.294. The van der Waals surface area contributed by atoms with E-state index in [0.29, 0.717) is 25.1 Å². The summed E-state index contributed by atoms with van der Waals surface area (Å²) in [4.78, 5) is 1.64. The molecule has 2 aromatic rings. The Labute approximate surface area is 124 Å². The third-order valence-electron chi connectivity index (χ3n) is 3.44. The molecule has 21 heavy (non-hydrogen) atoms. The first-order valence-corrected chi connectivity index (χ1v) is 7.09. The number of hydrogen-bond donors (Lipinski definition) is 1. The standard InChI is InChI=1S/C17H20F2N2/c1-3-21(14-6-4-12(2)5-7-14)17-15(18)10-13(8-9-20)11-16(17)19/h4-7,10-11H,3,8-9,20H2,1-2H3. The summed E-state index contributed by atoms with van der Waals surface area (Å²) in [5.74, 6) is -1.11. The molecule has 2 aromatic carbocycles. The van der Waals surface area contributed by atoms with Gasteiger partial charge in [-0.05, 0) is 56.6 Å². The zero-order chi connectivity index (χ0) is 15.4. The van der Waals surface area contributed by atoms with Crippen molar-refractivity contribution in [3.8, 4) is 0 Å². The number of nitrogens with two attached hydrogens (primary N) is 1. The smallest absolute Gasteiger partial charge is 0.150 e. The van der Waals surface area contributed by atoms with Crippen LogP contribution in [0.2, 0.25) is 0 Å². The summed E-state index contributed by atoms with van der Waals surface area (Å²) >= 11 is 0. The van der Waals surface area contributed by atoms with Crippen LogP contribution in [0.25, 0.3) is 0 Å². The van der Waals surface area contributed by atoms with Gasteiger partial charge in [0.2, 0.25) is 0 Å². The van der Waals surface area contributed by atoms with Gasteiger partial charge in [0.25, 0.3) is 0 Å². The zero-order valence-electron chi connectivity index (χ0n) is 12.4. The second-order valence-electron chi connectivity index (χ2n) is 5.03. The van der Waals surface area contributed by atoms with Crippen molar-refractivity contribution in [1.82, 2.24) is 0 Å². The van der Waals surface area contributed by atoms with Gasteiger partial charge in [0, 0.05) is 12.2 Å². The SMILES string of the molecule is CCN(c1ccc(C)cc1)c1c(F)cc(CCN)cc1F. The van der Waals surface area contributed by atoms with Gasteiger partial charge in [-0.25, -0.2) is 8.78 Å². The highest BCUT2D eigenvalue weighted by atomic mass is 19.1. The summed E-state index contributed by atoms with van der Waals surface area (Å²) in [5.41, 5.74) is 7.88. The van der Waals surface area contributed by atoms with Crippen molar-refractivity contribution in [2.75, 3.05) is 18.0 Å². The Morgan fingerprint density at radius 3 is 2.10 bits per heavy atom. The van der Waals surface area contributed by atoms with Gasteiger partial charge in [-0.15, -0.1) is 0 Å². The molecule has 0 atom stereocenters. The molecule has 0 fully saturated rings. The van der Waals surface area contributed by atoms with E-state index in [0.717, 1.165) is 11.3 Å². The summed E-state index contributed by atoms with van der Waals surface area (Å²) in [5, 5.41) is 0. The molecular formula is C17H20F2N2. The summed E-state index contributed by atoms with van der Waals surface area (Å²) in [6.07, 6.45) is 0.463. The quantitative estimate of drug-likeness (QED) is 0.904. The number of anilines is 2. The van der Waals surface area contributed by atoms with Crippen LogP contribution in [0.1, 0.15) is 18.1 Å². The van der Waals surface area contributed by atoms with E-state index >= 15 is 0 Å². The molecule has 0 amide bonds. The van der Waals surface area contributed by atoms with E-state index < -0.39 is 11.6 Å². The molecule has 0 aliphatic rings.